The van der Waals surface area contributed by atoms with E-state index in [2.05, 4.69) is 59.2 Å². The maximum atomic E-state index is 5.96. The molecule has 0 spiro atoms. The van der Waals surface area contributed by atoms with Gasteiger partial charge in [-0.1, -0.05) is 30.3 Å². The fourth-order valence-electron chi connectivity index (χ4n) is 4.04. The van der Waals surface area contributed by atoms with Crippen LogP contribution < -0.4 is 5.32 Å². The van der Waals surface area contributed by atoms with Crippen LogP contribution in [0.25, 0.3) is 0 Å². The number of aromatic nitrogens is 2. The molecule has 2 heterocycles. The zero-order valence-electron chi connectivity index (χ0n) is 14.0. The molecule has 4 rings (SSSR count). The highest BCUT2D eigenvalue weighted by Gasteiger charge is 2.52. The number of imidazole rings is 1. The summed E-state index contributed by atoms with van der Waals surface area (Å²) in [6, 6.07) is 10.6. The molecule has 2 aromatic rings. The van der Waals surface area contributed by atoms with E-state index in [1.165, 1.54) is 24.1 Å². The van der Waals surface area contributed by atoms with E-state index in [9.17, 15) is 0 Å². The van der Waals surface area contributed by atoms with Gasteiger partial charge in [0, 0.05) is 30.9 Å². The second kappa shape index (κ2) is 5.46. The molecule has 1 aromatic heterocycles. The first-order chi connectivity index (χ1) is 11.1. The summed E-state index contributed by atoms with van der Waals surface area (Å²) in [7, 11) is 2.11. The first-order valence-corrected chi connectivity index (χ1v) is 8.50. The summed E-state index contributed by atoms with van der Waals surface area (Å²) in [6.45, 7) is 3.89. The molecule has 1 saturated heterocycles. The molecular weight excluding hydrogens is 286 g/mol. The van der Waals surface area contributed by atoms with Gasteiger partial charge in [-0.05, 0) is 31.7 Å². The molecule has 1 aliphatic carbocycles. The Balaban J connectivity index is 1.43. The van der Waals surface area contributed by atoms with Crippen molar-refractivity contribution >= 4 is 0 Å². The summed E-state index contributed by atoms with van der Waals surface area (Å²) in [6.07, 6.45) is 6.44. The molecule has 1 aliphatic heterocycles. The lowest BCUT2D eigenvalue weighted by molar-refractivity contribution is -0.00889. The highest BCUT2D eigenvalue weighted by molar-refractivity contribution is 5.22. The van der Waals surface area contributed by atoms with Crippen LogP contribution in [0.4, 0.5) is 0 Å². The van der Waals surface area contributed by atoms with Crippen LogP contribution in [0.15, 0.2) is 36.5 Å². The lowest BCUT2D eigenvalue weighted by Crippen LogP contribution is -2.44. The van der Waals surface area contributed by atoms with E-state index in [1.54, 1.807) is 0 Å². The molecule has 4 nitrogen and oxygen atoms in total. The number of fused-ring (bicyclic) bond motifs is 2. The number of hydrogen-bond donors (Lipinski definition) is 1. The quantitative estimate of drug-likeness (QED) is 0.923. The summed E-state index contributed by atoms with van der Waals surface area (Å²) in [5.74, 6) is 1.10. The van der Waals surface area contributed by atoms with Crippen molar-refractivity contribution in [3.63, 3.8) is 0 Å². The van der Waals surface area contributed by atoms with E-state index in [0.29, 0.717) is 0 Å². The number of rotatable bonds is 5. The molecule has 4 heteroatoms. The number of nitrogens with one attached hydrogen (secondary N) is 1. The molecule has 1 aromatic carbocycles. The fourth-order valence-corrected chi connectivity index (χ4v) is 4.04. The third-order valence-corrected chi connectivity index (χ3v) is 5.57. The standard InChI is InChI=1S/C19H25N3O/c1-18-8-9-19(13-18,14-23-18)21-12-17-20-11-16(22(17)2)10-15-6-4-3-5-7-15/h3-7,11,21H,8-10,12-14H2,1-2H3. The maximum Gasteiger partial charge on any atom is 0.122 e. The van der Waals surface area contributed by atoms with Crippen LogP contribution in [0.5, 0.6) is 0 Å². The Labute approximate surface area is 137 Å². The average molecular weight is 311 g/mol. The van der Waals surface area contributed by atoms with Crippen molar-refractivity contribution in [3.05, 3.63) is 53.6 Å². The SMILES string of the molecule is Cn1c(Cc2ccccc2)cnc1CNC12CCC(C)(C1)OC2. The Bertz CT molecular complexity index is 684. The van der Waals surface area contributed by atoms with Gasteiger partial charge in [-0.2, -0.15) is 0 Å². The molecule has 1 N–H and O–H groups in total. The molecule has 2 atom stereocenters. The van der Waals surface area contributed by atoms with Gasteiger partial charge in [0.05, 0.1) is 18.8 Å². The van der Waals surface area contributed by atoms with Crippen molar-refractivity contribution in [1.29, 1.82) is 0 Å². The minimum Gasteiger partial charge on any atom is -0.373 e. The molecule has 2 aliphatic rings. The van der Waals surface area contributed by atoms with Crippen LogP contribution in [0, 0.1) is 0 Å². The molecule has 0 radical (unpaired) electrons. The summed E-state index contributed by atoms with van der Waals surface area (Å²) >= 11 is 0. The second-order valence-electron chi connectivity index (χ2n) is 7.44. The molecule has 2 unspecified atom stereocenters. The van der Waals surface area contributed by atoms with Crippen molar-refractivity contribution in [1.82, 2.24) is 14.9 Å². The minimum atomic E-state index is 0.104. The predicted octanol–water partition coefficient (Wildman–Crippen LogP) is 2.81. The Morgan fingerprint density at radius 3 is 2.74 bits per heavy atom. The third-order valence-electron chi connectivity index (χ3n) is 5.57. The first kappa shape index (κ1) is 14.9. The summed E-state index contributed by atoms with van der Waals surface area (Å²) < 4.78 is 8.18. The van der Waals surface area contributed by atoms with Crippen LogP contribution in [-0.4, -0.2) is 27.3 Å². The van der Waals surface area contributed by atoms with Gasteiger partial charge in [0.15, 0.2) is 0 Å². The summed E-state index contributed by atoms with van der Waals surface area (Å²) in [4.78, 5) is 4.63. The van der Waals surface area contributed by atoms with Crippen molar-refractivity contribution in [2.24, 2.45) is 7.05 Å². The zero-order chi connectivity index (χ0) is 15.9. The minimum absolute atomic E-state index is 0.104. The van der Waals surface area contributed by atoms with E-state index in [-0.39, 0.29) is 11.1 Å². The van der Waals surface area contributed by atoms with E-state index in [1.807, 2.05) is 6.20 Å². The molecule has 0 amide bonds. The first-order valence-electron chi connectivity index (χ1n) is 8.50. The number of nitrogens with zero attached hydrogens (tertiary/aromatic N) is 2. The third kappa shape index (κ3) is 2.81. The Kier molecular flexibility index (Phi) is 3.54. The predicted molar refractivity (Wildman–Crippen MR) is 90.2 cm³/mol. The van der Waals surface area contributed by atoms with Crippen molar-refractivity contribution in [2.75, 3.05) is 6.61 Å². The van der Waals surface area contributed by atoms with Gasteiger partial charge in [-0.25, -0.2) is 4.98 Å². The zero-order valence-corrected chi connectivity index (χ0v) is 14.0. The molecular formula is C19H25N3O. The smallest absolute Gasteiger partial charge is 0.122 e. The highest BCUT2D eigenvalue weighted by Crippen LogP contribution is 2.46. The van der Waals surface area contributed by atoms with E-state index in [0.717, 1.165) is 31.8 Å². The van der Waals surface area contributed by atoms with Crippen LogP contribution in [0.3, 0.4) is 0 Å². The Hall–Kier alpha value is -1.65. The van der Waals surface area contributed by atoms with E-state index < -0.39 is 0 Å². The Morgan fingerprint density at radius 1 is 1.26 bits per heavy atom. The molecule has 2 bridgehead atoms. The normalized spacial score (nSPS) is 29.3. The number of benzene rings is 1. The van der Waals surface area contributed by atoms with Crippen LogP contribution >= 0.6 is 0 Å². The van der Waals surface area contributed by atoms with Gasteiger partial charge in [0.2, 0.25) is 0 Å². The molecule has 2 fully saturated rings. The van der Waals surface area contributed by atoms with E-state index in [4.69, 9.17) is 4.74 Å². The lowest BCUT2D eigenvalue weighted by Gasteiger charge is -2.27. The van der Waals surface area contributed by atoms with Crippen LogP contribution in [-0.2, 0) is 24.8 Å². The molecule has 23 heavy (non-hydrogen) atoms. The largest absolute Gasteiger partial charge is 0.373 e. The van der Waals surface area contributed by atoms with E-state index >= 15 is 0 Å². The highest BCUT2D eigenvalue weighted by atomic mass is 16.5. The monoisotopic (exact) mass is 311 g/mol. The van der Waals surface area contributed by atoms with Gasteiger partial charge in [-0.15, -0.1) is 0 Å². The van der Waals surface area contributed by atoms with Crippen molar-refractivity contribution in [3.8, 4) is 0 Å². The maximum absolute atomic E-state index is 5.96. The summed E-state index contributed by atoms with van der Waals surface area (Å²) in [5.41, 5.74) is 2.85. The topological polar surface area (TPSA) is 39.1 Å². The average Bonchev–Trinajstić information content (AvgIpc) is 3.19. The van der Waals surface area contributed by atoms with Gasteiger partial charge < -0.3 is 14.6 Å². The van der Waals surface area contributed by atoms with Gasteiger partial charge in [0.1, 0.15) is 5.82 Å². The summed E-state index contributed by atoms with van der Waals surface area (Å²) in [5, 5.41) is 3.74. The van der Waals surface area contributed by atoms with Crippen molar-refractivity contribution in [2.45, 2.75) is 50.3 Å². The van der Waals surface area contributed by atoms with Crippen LogP contribution in [0.2, 0.25) is 0 Å². The second-order valence-corrected chi connectivity index (χ2v) is 7.44. The lowest BCUT2D eigenvalue weighted by atomic mass is 9.99. The Morgan fingerprint density at radius 2 is 2.09 bits per heavy atom. The molecule has 122 valence electrons. The fraction of sp³-hybridized carbons (Fsp3) is 0.526. The molecule has 1 saturated carbocycles. The number of hydrogen-bond acceptors (Lipinski definition) is 3. The number of ether oxygens (including phenoxy) is 1. The van der Waals surface area contributed by atoms with Crippen LogP contribution in [0.1, 0.15) is 43.3 Å². The van der Waals surface area contributed by atoms with Gasteiger partial charge in [0.25, 0.3) is 0 Å². The van der Waals surface area contributed by atoms with Crippen molar-refractivity contribution < 1.29 is 4.74 Å². The van der Waals surface area contributed by atoms with Gasteiger partial charge in [-0.3, -0.25) is 0 Å². The van der Waals surface area contributed by atoms with Gasteiger partial charge >= 0.3 is 0 Å².